The number of methoxy groups -OCH3 is 1. The monoisotopic (exact) mass is 290 g/mol. The van der Waals surface area contributed by atoms with Gasteiger partial charge in [-0.05, 0) is 57.2 Å². The molecule has 0 radical (unpaired) electrons. The minimum Gasteiger partial charge on any atom is -0.382 e. The number of carbonyl (C=O) groups excluding carboxylic acids is 1. The lowest BCUT2D eigenvalue weighted by Crippen LogP contribution is -2.31. The summed E-state index contributed by atoms with van der Waals surface area (Å²) in [7, 11) is 1.79. The molecule has 0 aliphatic heterocycles. The number of anilines is 1. The van der Waals surface area contributed by atoms with Gasteiger partial charge in [-0.3, -0.25) is 4.79 Å². The van der Waals surface area contributed by atoms with E-state index in [1.165, 1.54) is 12.0 Å². The van der Waals surface area contributed by atoms with E-state index < -0.39 is 0 Å². The lowest BCUT2D eigenvalue weighted by atomic mass is 9.92. The van der Waals surface area contributed by atoms with Gasteiger partial charge in [0.2, 0.25) is 0 Å². The second kappa shape index (κ2) is 7.46. The van der Waals surface area contributed by atoms with Gasteiger partial charge in [-0.25, -0.2) is 0 Å². The summed E-state index contributed by atoms with van der Waals surface area (Å²) < 4.78 is 5.48. The first-order chi connectivity index (χ1) is 10.1. The van der Waals surface area contributed by atoms with Crippen molar-refractivity contribution >= 4 is 11.6 Å². The van der Waals surface area contributed by atoms with E-state index in [4.69, 9.17) is 4.74 Å². The van der Waals surface area contributed by atoms with Crippen molar-refractivity contribution in [1.29, 1.82) is 0 Å². The second-order valence-corrected chi connectivity index (χ2v) is 5.75. The van der Waals surface area contributed by atoms with Crippen LogP contribution in [0.2, 0.25) is 0 Å². The van der Waals surface area contributed by atoms with Gasteiger partial charge >= 0.3 is 0 Å². The molecule has 4 heteroatoms. The Morgan fingerprint density at radius 2 is 2.19 bits per heavy atom. The molecule has 1 aliphatic carbocycles. The fraction of sp³-hybridized carbons (Fsp3) is 0.588. The molecule has 1 aliphatic rings. The van der Waals surface area contributed by atoms with Crippen LogP contribution in [-0.4, -0.2) is 31.7 Å². The predicted octanol–water partition coefficient (Wildman–Crippen LogP) is 3.11. The van der Waals surface area contributed by atoms with Gasteiger partial charge in [0, 0.05) is 30.9 Å². The molecule has 0 bridgehead atoms. The number of aryl methyl sites for hydroxylation is 1. The number of nitrogens with one attached hydrogen (secondary N) is 2. The zero-order valence-corrected chi connectivity index (χ0v) is 13.2. The van der Waals surface area contributed by atoms with Gasteiger partial charge in [0.15, 0.2) is 0 Å². The molecule has 116 valence electrons. The van der Waals surface area contributed by atoms with Crippen molar-refractivity contribution in [3.05, 3.63) is 29.3 Å². The first kappa shape index (κ1) is 15.8. The van der Waals surface area contributed by atoms with Gasteiger partial charge in [0.25, 0.3) is 5.91 Å². The first-order valence-corrected chi connectivity index (χ1v) is 7.82. The number of rotatable bonds is 5. The smallest absolute Gasteiger partial charge is 0.251 e. The number of carbonyl (C=O) groups is 1. The molecule has 21 heavy (non-hydrogen) atoms. The van der Waals surface area contributed by atoms with Gasteiger partial charge in [-0.2, -0.15) is 0 Å². The number of amides is 1. The Morgan fingerprint density at radius 3 is 2.90 bits per heavy atom. The SMILES string of the molecule is CCNC(=O)c1ccc(C)c(NC2CCCC(OC)C2)c1. The van der Waals surface area contributed by atoms with E-state index in [1.54, 1.807) is 7.11 Å². The molecule has 1 amide bonds. The molecule has 2 unspecified atom stereocenters. The summed E-state index contributed by atoms with van der Waals surface area (Å²) in [5, 5.41) is 6.43. The van der Waals surface area contributed by atoms with Crippen molar-refractivity contribution in [1.82, 2.24) is 5.32 Å². The lowest BCUT2D eigenvalue weighted by Gasteiger charge is -2.30. The Bertz CT molecular complexity index is 488. The molecule has 2 N–H and O–H groups in total. The molecule has 0 spiro atoms. The van der Waals surface area contributed by atoms with Gasteiger partial charge in [0.1, 0.15) is 0 Å². The number of hydrogen-bond donors (Lipinski definition) is 2. The molecular formula is C17H26N2O2. The molecular weight excluding hydrogens is 264 g/mol. The summed E-state index contributed by atoms with van der Waals surface area (Å²) >= 11 is 0. The second-order valence-electron chi connectivity index (χ2n) is 5.75. The third kappa shape index (κ3) is 4.21. The molecule has 0 heterocycles. The van der Waals surface area contributed by atoms with E-state index in [0.29, 0.717) is 24.3 Å². The first-order valence-electron chi connectivity index (χ1n) is 7.82. The Balaban J connectivity index is 2.08. The largest absolute Gasteiger partial charge is 0.382 e. The standard InChI is InChI=1S/C17H26N2O2/c1-4-18-17(20)13-9-8-12(2)16(10-13)19-14-6-5-7-15(11-14)21-3/h8-10,14-15,19H,4-7,11H2,1-3H3,(H,18,20). The van der Waals surface area contributed by atoms with Crippen molar-refractivity contribution in [2.24, 2.45) is 0 Å². The normalized spacial score (nSPS) is 21.9. The van der Waals surface area contributed by atoms with Gasteiger partial charge in [-0.15, -0.1) is 0 Å². The maximum Gasteiger partial charge on any atom is 0.251 e. The predicted molar refractivity (Wildman–Crippen MR) is 85.9 cm³/mol. The number of benzene rings is 1. The summed E-state index contributed by atoms with van der Waals surface area (Å²) in [5.41, 5.74) is 2.94. The van der Waals surface area contributed by atoms with Crippen molar-refractivity contribution in [3.8, 4) is 0 Å². The van der Waals surface area contributed by atoms with Crippen molar-refractivity contribution in [2.45, 2.75) is 51.7 Å². The molecule has 2 rings (SSSR count). The van der Waals surface area contributed by atoms with Gasteiger partial charge < -0.3 is 15.4 Å². The maximum absolute atomic E-state index is 11.9. The highest BCUT2D eigenvalue weighted by molar-refractivity contribution is 5.95. The maximum atomic E-state index is 11.9. The Morgan fingerprint density at radius 1 is 1.38 bits per heavy atom. The lowest BCUT2D eigenvalue weighted by molar-refractivity contribution is 0.0669. The van der Waals surface area contributed by atoms with Crippen LogP contribution in [0.5, 0.6) is 0 Å². The van der Waals surface area contributed by atoms with Crippen LogP contribution in [0.25, 0.3) is 0 Å². The quantitative estimate of drug-likeness (QED) is 0.876. The highest BCUT2D eigenvalue weighted by atomic mass is 16.5. The van der Waals surface area contributed by atoms with E-state index in [1.807, 2.05) is 25.1 Å². The highest BCUT2D eigenvalue weighted by Gasteiger charge is 2.22. The van der Waals surface area contributed by atoms with Crippen molar-refractivity contribution in [2.75, 3.05) is 19.0 Å². The van der Waals surface area contributed by atoms with Crippen molar-refractivity contribution in [3.63, 3.8) is 0 Å². The van der Waals surface area contributed by atoms with E-state index in [2.05, 4.69) is 17.6 Å². The average molecular weight is 290 g/mol. The fourth-order valence-corrected chi connectivity index (χ4v) is 2.89. The summed E-state index contributed by atoms with van der Waals surface area (Å²) in [5.74, 6) is -0.0148. The molecule has 1 aromatic rings. The Hall–Kier alpha value is -1.55. The van der Waals surface area contributed by atoms with Gasteiger partial charge in [0.05, 0.1) is 6.10 Å². The minimum absolute atomic E-state index is 0.0148. The third-order valence-electron chi connectivity index (χ3n) is 4.16. The van der Waals surface area contributed by atoms with Crippen LogP contribution >= 0.6 is 0 Å². The fourth-order valence-electron chi connectivity index (χ4n) is 2.89. The summed E-state index contributed by atoms with van der Waals surface area (Å²) in [6, 6.07) is 6.26. The zero-order chi connectivity index (χ0) is 15.2. The topological polar surface area (TPSA) is 50.4 Å². The molecule has 1 saturated carbocycles. The summed E-state index contributed by atoms with van der Waals surface area (Å²) in [4.78, 5) is 11.9. The van der Waals surface area contributed by atoms with Crippen LogP contribution in [0.3, 0.4) is 0 Å². The summed E-state index contributed by atoms with van der Waals surface area (Å²) in [6.45, 7) is 4.65. The molecule has 1 aromatic carbocycles. The van der Waals surface area contributed by atoms with Crippen molar-refractivity contribution < 1.29 is 9.53 Å². The zero-order valence-electron chi connectivity index (χ0n) is 13.2. The van der Waals surface area contributed by atoms with Crippen LogP contribution in [-0.2, 0) is 4.74 Å². The van der Waals surface area contributed by atoms with E-state index in [0.717, 1.165) is 24.9 Å². The van der Waals surface area contributed by atoms with Crippen LogP contribution in [0, 0.1) is 6.92 Å². The highest BCUT2D eigenvalue weighted by Crippen LogP contribution is 2.26. The molecule has 4 nitrogen and oxygen atoms in total. The average Bonchev–Trinajstić information content (AvgIpc) is 2.50. The van der Waals surface area contributed by atoms with Crippen LogP contribution < -0.4 is 10.6 Å². The Kier molecular flexibility index (Phi) is 5.62. The van der Waals surface area contributed by atoms with Crippen LogP contribution in [0.1, 0.15) is 48.5 Å². The third-order valence-corrected chi connectivity index (χ3v) is 4.16. The van der Waals surface area contributed by atoms with E-state index in [-0.39, 0.29) is 5.91 Å². The van der Waals surface area contributed by atoms with E-state index >= 15 is 0 Å². The van der Waals surface area contributed by atoms with Crippen LogP contribution in [0.4, 0.5) is 5.69 Å². The molecule has 0 saturated heterocycles. The molecule has 2 atom stereocenters. The van der Waals surface area contributed by atoms with Crippen LogP contribution in [0.15, 0.2) is 18.2 Å². The minimum atomic E-state index is -0.0148. The molecule has 1 fully saturated rings. The molecule has 0 aromatic heterocycles. The Labute approximate surface area is 127 Å². The number of hydrogen-bond acceptors (Lipinski definition) is 3. The summed E-state index contributed by atoms with van der Waals surface area (Å²) in [6.07, 6.45) is 4.87. The van der Waals surface area contributed by atoms with Gasteiger partial charge in [-0.1, -0.05) is 6.07 Å². The number of ether oxygens (including phenoxy) is 1. The van der Waals surface area contributed by atoms with E-state index in [9.17, 15) is 4.79 Å².